The SMILES string of the molecule is CC(=O)c1ccc(NC(=O)[C@@H]2CCC(=O)N2S(=O)(=O)c2ccc(F)cc2)cc1. The van der Waals surface area contributed by atoms with Gasteiger partial charge in [0.2, 0.25) is 11.8 Å². The van der Waals surface area contributed by atoms with Gasteiger partial charge in [0.05, 0.1) is 4.90 Å². The minimum atomic E-state index is -4.30. The van der Waals surface area contributed by atoms with Gasteiger partial charge in [-0.25, -0.2) is 17.1 Å². The normalized spacial score (nSPS) is 16.9. The summed E-state index contributed by atoms with van der Waals surface area (Å²) >= 11 is 0. The molecule has 0 spiro atoms. The van der Waals surface area contributed by atoms with Gasteiger partial charge in [-0.3, -0.25) is 14.4 Å². The largest absolute Gasteiger partial charge is 0.324 e. The van der Waals surface area contributed by atoms with Gasteiger partial charge >= 0.3 is 0 Å². The maximum Gasteiger partial charge on any atom is 0.267 e. The van der Waals surface area contributed by atoms with Gasteiger partial charge < -0.3 is 5.32 Å². The Hall–Kier alpha value is -3.07. The first-order valence-corrected chi connectivity index (χ1v) is 9.89. The molecule has 0 bridgehead atoms. The van der Waals surface area contributed by atoms with Crippen molar-refractivity contribution in [3.8, 4) is 0 Å². The molecule has 1 atom stereocenters. The molecule has 0 aromatic heterocycles. The molecular formula is C19H17FN2O5S. The minimum Gasteiger partial charge on any atom is -0.324 e. The number of sulfonamides is 1. The number of ketones is 1. The number of nitrogens with one attached hydrogen (secondary N) is 1. The number of anilines is 1. The molecule has 3 rings (SSSR count). The van der Waals surface area contributed by atoms with Gasteiger partial charge in [-0.1, -0.05) is 0 Å². The molecule has 1 N–H and O–H groups in total. The summed E-state index contributed by atoms with van der Waals surface area (Å²) in [6.45, 7) is 1.41. The average molecular weight is 404 g/mol. The maximum atomic E-state index is 13.1. The first-order chi connectivity index (χ1) is 13.2. The lowest BCUT2D eigenvalue weighted by molar-refractivity contribution is -0.128. The van der Waals surface area contributed by atoms with E-state index in [9.17, 15) is 27.2 Å². The number of carbonyl (C=O) groups excluding carboxylic acids is 3. The van der Waals surface area contributed by atoms with Crippen LogP contribution in [0.25, 0.3) is 0 Å². The van der Waals surface area contributed by atoms with Gasteiger partial charge in [0.1, 0.15) is 11.9 Å². The zero-order chi connectivity index (χ0) is 20.5. The molecule has 1 fully saturated rings. The highest BCUT2D eigenvalue weighted by Gasteiger charge is 2.44. The molecule has 1 aliphatic rings. The van der Waals surface area contributed by atoms with E-state index in [4.69, 9.17) is 0 Å². The van der Waals surface area contributed by atoms with E-state index >= 15 is 0 Å². The van der Waals surface area contributed by atoms with Crippen LogP contribution in [0.2, 0.25) is 0 Å². The summed E-state index contributed by atoms with van der Waals surface area (Å²) in [5.74, 6) is -2.10. The second-order valence-corrected chi connectivity index (χ2v) is 8.14. The zero-order valence-corrected chi connectivity index (χ0v) is 15.7. The van der Waals surface area contributed by atoms with Crippen molar-refractivity contribution in [1.82, 2.24) is 4.31 Å². The molecule has 2 aromatic carbocycles. The molecule has 0 aliphatic carbocycles. The number of rotatable bonds is 5. The maximum absolute atomic E-state index is 13.1. The topological polar surface area (TPSA) is 101 Å². The number of hydrogen-bond acceptors (Lipinski definition) is 5. The van der Waals surface area contributed by atoms with Gasteiger partial charge in [-0.15, -0.1) is 0 Å². The van der Waals surface area contributed by atoms with Crippen LogP contribution in [0.15, 0.2) is 53.4 Å². The monoisotopic (exact) mass is 404 g/mol. The van der Waals surface area contributed by atoms with E-state index in [0.29, 0.717) is 15.6 Å². The van der Waals surface area contributed by atoms with Crippen LogP contribution in [0.3, 0.4) is 0 Å². The lowest BCUT2D eigenvalue weighted by atomic mass is 10.1. The smallest absolute Gasteiger partial charge is 0.267 e. The van der Waals surface area contributed by atoms with Crippen molar-refractivity contribution in [2.75, 3.05) is 5.32 Å². The number of Topliss-reactive ketones (excluding diaryl/α,β-unsaturated/α-hetero) is 1. The van der Waals surface area contributed by atoms with Crippen LogP contribution in [-0.4, -0.2) is 36.4 Å². The van der Waals surface area contributed by atoms with Gasteiger partial charge in [0.25, 0.3) is 10.0 Å². The van der Waals surface area contributed by atoms with Crippen LogP contribution in [0, 0.1) is 5.82 Å². The van der Waals surface area contributed by atoms with Crippen LogP contribution in [0.5, 0.6) is 0 Å². The molecular weight excluding hydrogens is 387 g/mol. The zero-order valence-electron chi connectivity index (χ0n) is 14.9. The van der Waals surface area contributed by atoms with E-state index in [0.717, 1.165) is 24.3 Å². The van der Waals surface area contributed by atoms with Crippen molar-refractivity contribution in [3.63, 3.8) is 0 Å². The summed E-state index contributed by atoms with van der Waals surface area (Å²) in [6.07, 6.45) is -0.0571. The summed E-state index contributed by atoms with van der Waals surface area (Å²) in [7, 11) is -4.30. The fourth-order valence-corrected chi connectivity index (χ4v) is 4.54. The predicted molar refractivity (Wildman–Crippen MR) is 98.5 cm³/mol. The van der Waals surface area contributed by atoms with Gasteiger partial charge in [-0.2, -0.15) is 0 Å². The third-order valence-electron chi connectivity index (χ3n) is 4.39. The summed E-state index contributed by atoms with van der Waals surface area (Å²) < 4.78 is 39.3. The van der Waals surface area contributed by atoms with Crippen LogP contribution in [0.1, 0.15) is 30.1 Å². The summed E-state index contributed by atoms with van der Waals surface area (Å²) in [6, 6.07) is 8.93. The summed E-state index contributed by atoms with van der Waals surface area (Å²) in [5.41, 5.74) is 0.836. The van der Waals surface area contributed by atoms with E-state index in [-0.39, 0.29) is 23.5 Å². The van der Waals surface area contributed by atoms with Gasteiger partial charge in [0.15, 0.2) is 5.78 Å². The van der Waals surface area contributed by atoms with Crippen molar-refractivity contribution in [2.24, 2.45) is 0 Å². The predicted octanol–water partition coefficient (Wildman–Crippen LogP) is 2.35. The molecule has 2 amide bonds. The number of halogens is 1. The standard InChI is InChI=1S/C19H17FN2O5S/c1-12(23)13-2-6-15(7-3-13)21-19(25)17-10-11-18(24)22(17)28(26,27)16-8-4-14(20)5-9-16/h2-9,17H,10-11H2,1H3,(H,21,25)/t17-/m0/s1. The van der Waals surface area contributed by atoms with Crippen molar-refractivity contribution in [1.29, 1.82) is 0 Å². The Morgan fingerprint density at radius 3 is 2.25 bits per heavy atom. The molecule has 9 heteroatoms. The van der Waals surface area contributed by atoms with Crippen molar-refractivity contribution >= 4 is 33.3 Å². The summed E-state index contributed by atoms with van der Waals surface area (Å²) in [5, 5.41) is 2.56. The fraction of sp³-hybridized carbons (Fsp3) is 0.211. The second-order valence-electron chi connectivity index (χ2n) is 6.33. The number of hydrogen-bond donors (Lipinski definition) is 1. The quantitative estimate of drug-likeness (QED) is 0.771. The van der Waals surface area contributed by atoms with Crippen LogP contribution in [-0.2, 0) is 19.6 Å². The number of amides is 2. The average Bonchev–Trinajstić information content (AvgIpc) is 3.05. The first kappa shape index (κ1) is 19.7. The number of nitrogens with zero attached hydrogens (tertiary/aromatic N) is 1. The Morgan fingerprint density at radius 2 is 1.68 bits per heavy atom. The van der Waals surface area contributed by atoms with Gasteiger partial charge in [-0.05, 0) is 61.9 Å². The molecule has 1 aliphatic heterocycles. The molecule has 146 valence electrons. The molecule has 1 saturated heterocycles. The molecule has 7 nitrogen and oxygen atoms in total. The van der Waals surface area contributed by atoms with E-state index in [1.54, 1.807) is 0 Å². The molecule has 2 aromatic rings. The summed E-state index contributed by atoms with van der Waals surface area (Å²) in [4.78, 5) is 35.9. The first-order valence-electron chi connectivity index (χ1n) is 8.45. The van der Waals surface area contributed by atoms with Crippen LogP contribution >= 0.6 is 0 Å². The highest BCUT2D eigenvalue weighted by Crippen LogP contribution is 2.28. The lowest BCUT2D eigenvalue weighted by Gasteiger charge is -2.23. The Bertz CT molecular complexity index is 1030. The highest BCUT2D eigenvalue weighted by atomic mass is 32.2. The van der Waals surface area contributed by atoms with Crippen molar-refractivity contribution < 1.29 is 27.2 Å². The second kappa shape index (κ2) is 7.51. The molecule has 0 radical (unpaired) electrons. The van der Waals surface area contributed by atoms with E-state index < -0.39 is 33.7 Å². The third-order valence-corrected chi connectivity index (χ3v) is 6.24. The highest BCUT2D eigenvalue weighted by molar-refractivity contribution is 7.89. The van der Waals surface area contributed by atoms with Crippen molar-refractivity contribution in [3.05, 3.63) is 59.9 Å². The van der Waals surface area contributed by atoms with E-state index in [1.807, 2.05) is 0 Å². The Labute approximate surface area is 161 Å². The lowest BCUT2D eigenvalue weighted by Crippen LogP contribution is -2.45. The Balaban J connectivity index is 1.84. The number of benzene rings is 2. The molecule has 28 heavy (non-hydrogen) atoms. The Kier molecular flexibility index (Phi) is 5.28. The van der Waals surface area contributed by atoms with Crippen molar-refractivity contribution in [2.45, 2.75) is 30.7 Å². The van der Waals surface area contributed by atoms with Gasteiger partial charge in [0, 0.05) is 17.7 Å². The van der Waals surface area contributed by atoms with Crippen LogP contribution in [0.4, 0.5) is 10.1 Å². The Morgan fingerprint density at radius 1 is 1.07 bits per heavy atom. The molecule has 0 saturated carbocycles. The van der Waals surface area contributed by atoms with Crippen LogP contribution < -0.4 is 5.32 Å². The van der Waals surface area contributed by atoms with E-state index in [2.05, 4.69) is 5.32 Å². The van der Waals surface area contributed by atoms with E-state index in [1.165, 1.54) is 31.2 Å². The fourth-order valence-electron chi connectivity index (χ4n) is 2.93. The molecule has 1 heterocycles. The number of carbonyl (C=O) groups is 3. The molecule has 0 unspecified atom stereocenters. The minimum absolute atomic E-state index is 0.0383. The third kappa shape index (κ3) is 3.79.